The van der Waals surface area contributed by atoms with Crippen molar-refractivity contribution in [2.24, 2.45) is 5.92 Å². The Balaban J connectivity index is 1.83. The highest BCUT2D eigenvalue weighted by molar-refractivity contribution is 5.98. The predicted molar refractivity (Wildman–Crippen MR) is 81.1 cm³/mol. The molecule has 0 N–H and O–H groups in total. The van der Waals surface area contributed by atoms with Gasteiger partial charge in [-0.15, -0.1) is 0 Å². The van der Waals surface area contributed by atoms with Crippen molar-refractivity contribution in [3.8, 4) is 0 Å². The third-order valence-corrected chi connectivity index (χ3v) is 4.97. The molecule has 2 aliphatic rings. The Labute approximate surface area is 122 Å². The Hall–Kier alpha value is -1.18. The number of hydrogen-bond donors (Lipinski definition) is 0. The van der Waals surface area contributed by atoms with Gasteiger partial charge in [-0.25, -0.2) is 0 Å². The molecule has 1 atom stereocenters. The molecule has 3 rings (SSSR count). The standard InChI is InChI=1S/C18H25NO/c1-2-6-13-11-17-15(18(20)12-13)9-10-16(19-17)14-7-4-3-5-8-14/h9-10,13-14H,2-8,11-12H2,1H3. The van der Waals surface area contributed by atoms with Gasteiger partial charge in [0.1, 0.15) is 0 Å². The Morgan fingerprint density at radius 1 is 1.15 bits per heavy atom. The predicted octanol–water partition coefficient (Wildman–Crippen LogP) is 4.67. The SMILES string of the molecule is CCCC1CC(=O)c2ccc(C3CCCCC3)nc2C1. The van der Waals surface area contributed by atoms with Crippen LogP contribution in [0.5, 0.6) is 0 Å². The van der Waals surface area contributed by atoms with Crippen molar-refractivity contribution in [3.05, 3.63) is 29.1 Å². The zero-order valence-corrected chi connectivity index (χ0v) is 12.5. The highest BCUT2D eigenvalue weighted by Gasteiger charge is 2.27. The molecular weight excluding hydrogens is 246 g/mol. The lowest BCUT2D eigenvalue weighted by molar-refractivity contribution is 0.0944. The first-order chi connectivity index (χ1) is 9.78. The molecule has 0 spiro atoms. The van der Waals surface area contributed by atoms with Gasteiger partial charge in [-0.1, -0.05) is 32.6 Å². The van der Waals surface area contributed by atoms with Crippen LogP contribution in [-0.4, -0.2) is 10.8 Å². The average Bonchev–Trinajstić information content (AvgIpc) is 2.48. The number of nitrogens with zero attached hydrogens (tertiary/aromatic N) is 1. The summed E-state index contributed by atoms with van der Waals surface area (Å²) in [5.41, 5.74) is 3.23. The summed E-state index contributed by atoms with van der Waals surface area (Å²) in [6, 6.07) is 4.17. The molecule has 1 aromatic rings. The maximum Gasteiger partial charge on any atom is 0.164 e. The number of carbonyl (C=O) groups excluding carboxylic acids is 1. The van der Waals surface area contributed by atoms with E-state index in [1.807, 2.05) is 0 Å². The van der Waals surface area contributed by atoms with Crippen LogP contribution in [0.3, 0.4) is 0 Å². The maximum absolute atomic E-state index is 12.2. The van der Waals surface area contributed by atoms with Gasteiger partial charge in [0.05, 0.1) is 5.69 Å². The summed E-state index contributed by atoms with van der Waals surface area (Å²) >= 11 is 0. The molecule has 0 radical (unpaired) electrons. The molecule has 20 heavy (non-hydrogen) atoms. The molecule has 1 fully saturated rings. The van der Waals surface area contributed by atoms with E-state index in [-0.39, 0.29) is 0 Å². The van der Waals surface area contributed by atoms with Crippen LogP contribution in [0.15, 0.2) is 12.1 Å². The van der Waals surface area contributed by atoms with Crippen LogP contribution in [0.4, 0.5) is 0 Å². The van der Waals surface area contributed by atoms with Crippen LogP contribution >= 0.6 is 0 Å². The third kappa shape index (κ3) is 2.79. The van der Waals surface area contributed by atoms with E-state index >= 15 is 0 Å². The van der Waals surface area contributed by atoms with Crippen molar-refractivity contribution < 1.29 is 4.79 Å². The summed E-state index contributed by atoms with van der Waals surface area (Å²) in [5, 5.41) is 0. The number of fused-ring (bicyclic) bond motifs is 1. The highest BCUT2D eigenvalue weighted by Crippen LogP contribution is 2.34. The van der Waals surface area contributed by atoms with E-state index in [0.717, 1.165) is 36.9 Å². The van der Waals surface area contributed by atoms with Crippen LogP contribution in [0, 0.1) is 5.92 Å². The average molecular weight is 271 g/mol. The largest absolute Gasteiger partial charge is 0.294 e. The van der Waals surface area contributed by atoms with Gasteiger partial charge in [-0.05, 0) is 43.7 Å². The molecule has 1 aromatic heterocycles. The van der Waals surface area contributed by atoms with Crippen LogP contribution in [-0.2, 0) is 6.42 Å². The first-order valence-corrected chi connectivity index (χ1v) is 8.31. The number of Topliss-reactive ketones (excluding diaryl/α,β-unsaturated/α-hetero) is 1. The first-order valence-electron chi connectivity index (χ1n) is 8.31. The fourth-order valence-electron chi connectivity index (χ4n) is 3.88. The van der Waals surface area contributed by atoms with Crippen molar-refractivity contribution in [2.75, 3.05) is 0 Å². The van der Waals surface area contributed by atoms with E-state index in [9.17, 15) is 4.79 Å². The van der Waals surface area contributed by atoms with Crippen molar-refractivity contribution in [2.45, 2.75) is 70.6 Å². The van der Waals surface area contributed by atoms with Crippen LogP contribution in [0.25, 0.3) is 0 Å². The number of rotatable bonds is 3. The van der Waals surface area contributed by atoms with Gasteiger partial charge in [0, 0.05) is 23.6 Å². The summed E-state index contributed by atoms with van der Waals surface area (Å²) in [7, 11) is 0. The van der Waals surface area contributed by atoms with E-state index in [1.165, 1.54) is 37.8 Å². The second-order valence-electron chi connectivity index (χ2n) is 6.55. The monoisotopic (exact) mass is 271 g/mol. The molecule has 0 aromatic carbocycles. The fourth-order valence-corrected chi connectivity index (χ4v) is 3.88. The van der Waals surface area contributed by atoms with Gasteiger partial charge in [-0.3, -0.25) is 9.78 Å². The molecule has 0 bridgehead atoms. The zero-order chi connectivity index (χ0) is 13.9. The summed E-state index contributed by atoms with van der Waals surface area (Å²) in [6.45, 7) is 2.20. The number of pyridine rings is 1. The first kappa shape index (κ1) is 13.8. The number of carbonyl (C=O) groups is 1. The van der Waals surface area contributed by atoms with Crippen molar-refractivity contribution >= 4 is 5.78 Å². The zero-order valence-electron chi connectivity index (χ0n) is 12.5. The topological polar surface area (TPSA) is 30.0 Å². The van der Waals surface area contributed by atoms with Crippen LogP contribution in [0.2, 0.25) is 0 Å². The lowest BCUT2D eigenvalue weighted by Gasteiger charge is -2.25. The van der Waals surface area contributed by atoms with Crippen molar-refractivity contribution in [1.82, 2.24) is 4.98 Å². The summed E-state index contributed by atoms with van der Waals surface area (Å²) in [4.78, 5) is 17.1. The molecule has 108 valence electrons. The number of ketones is 1. The smallest absolute Gasteiger partial charge is 0.164 e. The molecule has 1 heterocycles. The molecular formula is C18H25NO. The Morgan fingerprint density at radius 3 is 2.70 bits per heavy atom. The second-order valence-corrected chi connectivity index (χ2v) is 6.55. The van der Waals surface area contributed by atoms with Gasteiger partial charge in [0.25, 0.3) is 0 Å². The van der Waals surface area contributed by atoms with E-state index in [0.29, 0.717) is 17.6 Å². The number of aromatic nitrogens is 1. The normalized spacial score (nSPS) is 23.6. The summed E-state index contributed by atoms with van der Waals surface area (Å²) in [6.07, 6.45) is 10.6. The van der Waals surface area contributed by atoms with Gasteiger partial charge in [0.2, 0.25) is 0 Å². The molecule has 0 amide bonds. The minimum atomic E-state index is 0.312. The lowest BCUT2D eigenvalue weighted by atomic mass is 9.82. The number of hydrogen-bond acceptors (Lipinski definition) is 2. The van der Waals surface area contributed by atoms with E-state index < -0.39 is 0 Å². The van der Waals surface area contributed by atoms with Crippen molar-refractivity contribution in [1.29, 1.82) is 0 Å². The molecule has 1 saturated carbocycles. The van der Waals surface area contributed by atoms with E-state index in [4.69, 9.17) is 4.98 Å². The third-order valence-electron chi connectivity index (χ3n) is 4.97. The molecule has 0 saturated heterocycles. The Morgan fingerprint density at radius 2 is 1.95 bits per heavy atom. The van der Waals surface area contributed by atoms with Gasteiger partial charge in [-0.2, -0.15) is 0 Å². The Bertz CT molecular complexity index is 488. The fraction of sp³-hybridized carbons (Fsp3) is 0.667. The minimum absolute atomic E-state index is 0.312. The van der Waals surface area contributed by atoms with Crippen molar-refractivity contribution in [3.63, 3.8) is 0 Å². The molecule has 0 aliphatic heterocycles. The van der Waals surface area contributed by atoms with Crippen LogP contribution in [0.1, 0.15) is 86.0 Å². The van der Waals surface area contributed by atoms with Gasteiger partial charge in [0.15, 0.2) is 5.78 Å². The quantitative estimate of drug-likeness (QED) is 0.799. The van der Waals surface area contributed by atoms with Gasteiger partial charge >= 0.3 is 0 Å². The highest BCUT2D eigenvalue weighted by atomic mass is 16.1. The lowest BCUT2D eigenvalue weighted by Crippen LogP contribution is -2.22. The van der Waals surface area contributed by atoms with Crippen LogP contribution < -0.4 is 0 Å². The van der Waals surface area contributed by atoms with E-state index in [1.54, 1.807) is 0 Å². The summed E-state index contributed by atoms with van der Waals surface area (Å²) < 4.78 is 0. The molecule has 1 unspecified atom stereocenters. The second kappa shape index (κ2) is 6.07. The molecule has 2 heteroatoms. The van der Waals surface area contributed by atoms with E-state index in [2.05, 4.69) is 19.1 Å². The van der Waals surface area contributed by atoms with Gasteiger partial charge < -0.3 is 0 Å². The minimum Gasteiger partial charge on any atom is -0.294 e. The maximum atomic E-state index is 12.2. The Kier molecular flexibility index (Phi) is 4.18. The molecule has 2 aliphatic carbocycles. The summed E-state index contributed by atoms with van der Waals surface area (Å²) in [5.74, 6) is 1.47. The molecule has 2 nitrogen and oxygen atoms in total.